The molecule has 1 unspecified atom stereocenters. The van der Waals surface area contributed by atoms with Gasteiger partial charge in [-0.2, -0.15) is 0 Å². The number of carbonyl (C=O) groups excluding carboxylic acids is 1. The van der Waals surface area contributed by atoms with Gasteiger partial charge in [-0.1, -0.05) is 6.07 Å². The fourth-order valence-corrected chi connectivity index (χ4v) is 4.28. The lowest BCUT2D eigenvalue weighted by atomic mass is 9.87. The van der Waals surface area contributed by atoms with Crippen molar-refractivity contribution in [3.05, 3.63) is 22.4 Å². The molecule has 3 heterocycles. The zero-order valence-electron chi connectivity index (χ0n) is 14.1. The van der Waals surface area contributed by atoms with Crippen molar-refractivity contribution in [1.29, 1.82) is 0 Å². The van der Waals surface area contributed by atoms with Crippen molar-refractivity contribution in [2.24, 2.45) is 5.41 Å². The SMILES string of the molecule is CC(C)NC(=O)N1CCOCC2(CCN(Cc3cccs3)C2)C1. The average molecular weight is 337 g/mol. The second-order valence-corrected chi connectivity index (χ2v) is 8.15. The number of likely N-dealkylation sites (tertiary alicyclic amines) is 1. The van der Waals surface area contributed by atoms with Crippen LogP contribution in [0.2, 0.25) is 0 Å². The average Bonchev–Trinajstić information content (AvgIpc) is 3.07. The van der Waals surface area contributed by atoms with Crippen molar-refractivity contribution in [2.45, 2.75) is 32.9 Å². The Morgan fingerprint density at radius 3 is 3.04 bits per heavy atom. The number of amides is 2. The van der Waals surface area contributed by atoms with Gasteiger partial charge in [0.1, 0.15) is 0 Å². The molecular weight excluding hydrogens is 310 g/mol. The summed E-state index contributed by atoms with van der Waals surface area (Å²) in [6, 6.07) is 4.52. The molecule has 5 nitrogen and oxygen atoms in total. The van der Waals surface area contributed by atoms with Gasteiger partial charge in [0.05, 0.1) is 13.2 Å². The minimum atomic E-state index is 0.0431. The summed E-state index contributed by atoms with van der Waals surface area (Å²) in [5.74, 6) is 0. The van der Waals surface area contributed by atoms with Crippen LogP contribution in [0.5, 0.6) is 0 Å². The van der Waals surface area contributed by atoms with Crippen LogP contribution in [0.15, 0.2) is 17.5 Å². The van der Waals surface area contributed by atoms with E-state index in [0.717, 1.165) is 39.2 Å². The fourth-order valence-electron chi connectivity index (χ4n) is 3.54. The second kappa shape index (κ2) is 7.20. The van der Waals surface area contributed by atoms with Crippen molar-refractivity contribution < 1.29 is 9.53 Å². The maximum atomic E-state index is 12.4. The molecule has 2 fully saturated rings. The molecule has 128 valence electrons. The summed E-state index contributed by atoms with van der Waals surface area (Å²) in [5.41, 5.74) is 0.0854. The van der Waals surface area contributed by atoms with E-state index in [1.165, 1.54) is 4.88 Å². The van der Waals surface area contributed by atoms with Crippen molar-refractivity contribution in [1.82, 2.24) is 15.1 Å². The summed E-state index contributed by atoms with van der Waals surface area (Å²) in [5, 5.41) is 5.15. The summed E-state index contributed by atoms with van der Waals surface area (Å²) in [4.78, 5) is 18.2. The van der Waals surface area contributed by atoms with Crippen LogP contribution < -0.4 is 5.32 Å². The molecule has 1 spiro atoms. The summed E-state index contributed by atoms with van der Waals surface area (Å²) in [6.07, 6.45) is 1.10. The quantitative estimate of drug-likeness (QED) is 0.921. The Bertz CT molecular complexity index is 520. The van der Waals surface area contributed by atoms with Gasteiger partial charge in [0.15, 0.2) is 0 Å². The smallest absolute Gasteiger partial charge is 0.317 e. The third-order valence-electron chi connectivity index (χ3n) is 4.62. The third-order valence-corrected chi connectivity index (χ3v) is 5.48. The van der Waals surface area contributed by atoms with Gasteiger partial charge in [0.25, 0.3) is 0 Å². The lowest BCUT2D eigenvalue weighted by molar-refractivity contribution is 0.0715. The highest BCUT2D eigenvalue weighted by molar-refractivity contribution is 7.09. The van der Waals surface area contributed by atoms with Crippen LogP contribution in [-0.4, -0.2) is 61.3 Å². The Hall–Kier alpha value is -1.11. The van der Waals surface area contributed by atoms with Crippen LogP contribution in [-0.2, 0) is 11.3 Å². The molecule has 1 aromatic rings. The number of ether oxygens (including phenoxy) is 1. The van der Waals surface area contributed by atoms with Crippen LogP contribution >= 0.6 is 11.3 Å². The molecule has 1 N–H and O–H groups in total. The second-order valence-electron chi connectivity index (χ2n) is 7.12. The number of thiophene rings is 1. The predicted molar refractivity (Wildman–Crippen MR) is 92.7 cm³/mol. The molecule has 2 amide bonds. The van der Waals surface area contributed by atoms with Crippen LogP contribution in [0, 0.1) is 5.41 Å². The van der Waals surface area contributed by atoms with Gasteiger partial charge in [0, 0.05) is 42.5 Å². The lowest BCUT2D eigenvalue weighted by Crippen LogP contribution is -2.48. The molecule has 2 saturated heterocycles. The summed E-state index contributed by atoms with van der Waals surface area (Å²) >= 11 is 1.81. The molecule has 2 aliphatic rings. The third kappa shape index (κ3) is 4.25. The van der Waals surface area contributed by atoms with Crippen molar-refractivity contribution >= 4 is 17.4 Å². The highest BCUT2D eigenvalue weighted by Crippen LogP contribution is 2.34. The van der Waals surface area contributed by atoms with E-state index < -0.39 is 0 Å². The zero-order chi connectivity index (χ0) is 16.3. The fraction of sp³-hybridized carbons (Fsp3) is 0.706. The first-order valence-corrected chi connectivity index (χ1v) is 9.32. The van der Waals surface area contributed by atoms with Crippen LogP contribution in [0.1, 0.15) is 25.1 Å². The molecule has 1 aromatic heterocycles. The maximum absolute atomic E-state index is 12.4. The number of rotatable bonds is 3. The molecule has 1 atom stereocenters. The number of nitrogens with one attached hydrogen (secondary N) is 1. The van der Waals surface area contributed by atoms with Crippen molar-refractivity contribution in [3.8, 4) is 0 Å². The summed E-state index contributed by atoms with van der Waals surface area (Å²) < 4.78 is 5.86. The molecule has 0 aromatic carbocycles. The van der Waals surface area contributed by atoms with Gasteiger partial charge in [0.2, 0.25) is 0 Å². The molecule has 2 aliphatic heterocycles. The van der Waals surface area contributed by atoms with E-state index in [2.05, 4.69) is 27.7 Å². The first-order valence-electron chi connectivity index (χ1n) is 8.44. The Balaban J connectivity index is 1.62. The normalized spacial score (nSPS) is 26.0. The van der Waals surface area contributed by atoms with E-state index in [1.54, 1.807) is 0 Å². The molecule has 0 bridgehead atoms. The lowest BCUT2D eigenvalue weighted by Gasteiger charge is -2.32. The van der Waals surface area contributed by atoms with E-state index >= 15 is 0 Å². The summed E-state index contributed by atoms with van der Waals surface area (Å²) in [7, 11) is 0. The standard InChI is InChI=1S/C17H27N3O2S/c1-14(2)18-16(21)20-7-8-22-13-17(12-20)5-6-19(11-17)10-15-4-3-9-23-15/h3-4,9,14H,5-8,10-13H2,1-2H3,(H,18,21). The number of carbonyl (C=O) groups is 1. The molecule has 3 rings (SSSR count). The number of urea groups is 1. The highest BCUT2D eigenvalue weighted by Gasteiger charge is 2.42. The van der Waals surface area contributed by atoms with Gasteiger partial charge < -0.3 is 15.0 Å². The van der Waals surface area contributed by atoms with Crippen LogP contribution in [0.4, 0.5) is 4.79 Å². The minimum Gasteiger partial charge on any atom is -0.379 e. The predicted octanol–water partition coefficient (Wildman–Crippen LogP) is 2.39. The van der Waals surface area contributed by atoms with Gasteiger partial charge in [-0.15, -0.1) is 11.3 Å². The van der Waals surface area contributed by atoms with Crippen molar-refractivity contribution in [3.63, 3.8) is 0 Å². The highest BCUT2D eigenvalue weighted by atomic mass is 32.1. The van der Waals surface area contributed by atoms with Crippen LogP contribution in [0.3, 0.4) is 0 Å². The summed E-state index contributed by atoms with van der Waals surface area (Å²) in [6.45, 7) is 9.99. The van der Waals surface area contributed by atoms with Gasteiger partial charge in [-0.3, -0.25) is 4.90 Å². The van der Waals surface area contributed by atoms with Crippen LogP contribution in [0.25, 0.3) is 0 Å². The number of hydrogen-bond donors (Lipinski definition) is 1. The Morgan fingerprint density at radius 2 is 2.30 bits per heavy atom. The van der Waals surface area contributed by atoms with Crippen molar-refractivity contribution in [2.75, 3.05) is 39.4 Å². The van der Waals surface area contributed by atoms with E-state index in [-0.39, 0.29) is 17.5 Å². The monoisotopic (exact) mass is 337 g/mol. The van der Waals surface area contributed by atoms with E-state index in [0.29, 0.717) is 13.2 Å². The van der Waals surface area contributed by atoms with Gasteiger partial charge >= 0.3 is 6.03 Å². The van der Waals surface area contributed by atoms with Gasteiger partial charge in [-0.25, -0.2) is 4.79 Å². The largest absolute Gasteiger partial charge is 0.379 e. The number of hydrogen-bond acceptors (Lipinski definition) is 4. The first-order chi connectivity index (χ1) is 11.1. The molecular formula is C17H27N3O2S. The van der Waals surface area contributed by atoms with E-state index in [4.69, 9.17) is 4.74 Å². The molecule has 0 aliphatic carbocycles. The maximum Gasteiger partial charge on any atom is 0.317 e. The first kappa shape index (κ1) is 16.7. The van der Waals surface area contributed by atoms with Gasteiger partial charge in [-0.05, 0) is 38.3 Å². The number of nitrogens with zero attached hydrogens (tertiary/aromatic N) is 2. The minimum absolute atomic E-state index is 0.0431. The topological polar surface area (TPSA) is 44.8 Å². The zero-order valence-corrected chi connectivity index (χ0v) is 14.9. The Kier molecular flexibility index (Phi) is 5.24. The molecule has 0 radical (unpaired) electrons. The molecule has 0 saturated carbocycles. The van der Waals surface area contributed by atoms with E-state index in [1.807, 2.05) is 30.1 Å². The molecule has 6 heteroatoms. The van der Waals surface area contributed by atoms with E-state index in [9.17, 15) is 4.79 Å². The Morgan fingerprint density at radius 1 is 1.43 bits per heavy atom. The Labute approximate surface area is 142 Å². The molecule has 23 heavy (non-hydrogen) atoms.